The number of benzene rings is 2. The smallest absolute Gasteiger partial charge is 0.236 e. The van der Waals surface area contributed by atoms with Crippen molar-refractivity contribution in [3.05, 3.63) is 71.3 Å². The first-order valence-electron chi connectivity index (χ1n) is 9.78. The van der Waals surface area contributed by atoms with E-state index in [1.807, 2.05) is 26.0 Å². The van der Waals surface area contributed by atoms with Crippen LogP contribution in [-0.2, 0) is 9.59 Å². The summed E-state index contributed by atoms with van der Waals surface area (Å²) < 4.78 is 27.5. The maximum Gasteiger partial charge on any atom is 0.236 e. The van der Waals surface area contributed by atoms with Gasteiger partial charge in [-0.15, -0.1) is 23.5 Å². The molecule has 0 N–H and O–H groups in total. The Kier molecular flexibility index (Phi) is 6.06. The molecule has 2 aromatic rings. The zero-order valence-electron chi connectivity index (χ0n) is 16.6. The van der Waals surface area contributed by atoms with Crippen LogP contribution in [-0.4, -0.2) is 45.2 Å². The average molecular weight is 449 g/mol. The molecule has 2 aromatic carbocycles. The number of carbonyl (C=O) groups excluding carboxylic acids is 2. The van der Waals surface area contributed by atoms with Gasteiger partial charge in [-0.05, 0) is 49.2 Å². The lowest BCUT2D eigenvalue weighted by Crippen LogP contribution is -2.40. The van der Waals surface area contributed by atoms with Gasteiger partial charge in [-0.1, -0.05) is 24.3 Å². The van der Waals surface area contributed by atoms with Gasteiger partial charge in [-0.3, -0.25) is 9.59 Å². The van der Waals surface area contributed by atoms with Gasteiger partial charge in [0.15, 0.2) is 0 Å². The summed E-state index contributed by atoms with van der Waals surface area (Å²) in [6, 6.07) is 12.6. The molecule has 2 amide bonds. The third-order valence-electron chi connectivity index (χ3n) is 5.34. The maximum atomic E-state index is 13.7. The highest BCUT2D eigenvalue weighted by molar-refractivity contribution is 8.01. The predicted molar refractivity (Wildman–Crippen MR) is 116 cm³/mol. The SMILES string of the molecule is C[C@@H]1S[C@@H](c2cccc(F)c2)N(CCN2C(=O)[C@@H](C)S[C@H]2c2cccc(F)c2)C1=O. The molecule has 0 saturated carbocycles. The fraction of sp³-hybridized carbons (Fsp3) is 0.364. The molecule has 2 fully saturated rings. The average Bonchev–Trinajstić information content (AvgIpc) is 3.16. The Morgan fingerprint density at radius 3 is 1.53 bits per heavy atom. The van der Waals surface area contributed by atoms with E-state index >= 15 is 0 Å². The number of hydrogen-bond donors (Lipinski definition) is 0. The van der Waals surface area contributed by atoms with Crippen LogP contribution in [0.25, 0.3) is 0 Å². The van der Waals surface area contributed by atoms with Gasteiger partial charge in [0, 0.05) is 13.1 Å². The van der Waals surface area contributed by atoms with Gasteiger partial charge < -0.3 is 9.80 Å². The second-order valence-corrected chi connectivity index (χ2v) is 10.3. The zero-order valence-corrected chi connectivity index (χ0v) is 18.3. The minimum absolute atomic E-state index is 0.0242. The van der Waals surface area contributed by atoms with E-state index in [0.29, 0.717) is 13.1 Å². The van der Waals surface area contributed by atoms with Crippen LogP contribution < -0.4 is 0 Å². The first-order chi connectivity index (χ1) is 14.3. The van der Waals surface area contributed by atoms with E-state index < -0.39 is 0 Å². The second-order valence-electron chi connectivity index (χ2n) is 7.43. The fourth-order valence-electron chi connectivity index (χ4n) is 3.86. The quantitative estimate of drug-likeness (QED) is 0.671. The van der Waals surface area contributed by atoms with Crippen LogP contribution in [0.1, 0.15) is 35.7 Å². The van der Waals surface area contributed by atoms with Crippen LogP contribution in [0, 0.1) is 11.6 Å². The monoisotopic (exact) mass is 448 g/mol. The van der Waals surface area contributed by atoms with Crippen molar-refractivity contribution in [1.29, 1.82) is 0 Å². The van der Waals surface area contributed by atoms with Crippen LogP contribution in [0.5, 0.6) is 0 Å². The standard InChI is InChI=1S/C22H22F2N2O2S2/c1-13-19(27)25(21(29-13)15-5-3-7-17(23)11-15)9-10-26-20(28)14(2)30-22(26)16-6-4-8-18(24)12-16/h3-8,11-14,21-22H,9-10H2,1-2H3/t13-,14+,21-,22-/m0/s1. The molecule has 0 bridgehead atoms. The van der Waals surface area contributed by atoms with E-state index in [9.17, 15) is 18.4 Å². The molecule has 2 saturated heterocycles. The first kappa shape index (κ1) is 21.2. The molecular formula is C22H22F2N2O2S2. The number of amides is 2. The molecule has 0 spiro atoms. The number of carbonyl (C=O) groups is 2. The van der Waals surface area contributed by atoms with E-state index in [2.05, 4.69) is 0 Å². The summed E-state index contributed by atoms with van der Waals surface area (Å²) in [6.45, 7) is 4.35. The molecule has 0 aliphatic carbocycles. The van der Waals surface area contributed by atoms with E-state index in [-0.39, 0.29) is 44.7 Å². The summed E-state index contributed by atoms with van der Waals surface area (Å²) >= 11 is 2.96. The number of hydrogen-bond acceptors (Lipinski definition) is 4. The van der Waals surface area contributed by atoms with Crippen LogP contribution in [0.15, 0.2) is 48.5 Å². The molecular weight excluding hydrogens is 426 g/mol. The molecule has 4 nitrogen and oxygen atoms in total. The normalized spacial score (nSPS) is 26.7. The number of halogens is 2. The van der Waals surface area contributed by atoms with Gasteiger partial charge in [0.2, 0.25) is 11.8 Å². The van der Waals surface area contributed by atoms with Crippen molar-refractivity contribution in [1.82, 2.24) is 9.80 Å². The molecule has 2 aliphatic heterocycles. The highest BCUT2D eigenvalue weighted by Crippen LogP contribution is 2.45. The Balaban J connectivity index is 1.55. The number of rotatable bonds is 5. The minimum atomic E-state index is -0.342. The Morgan fingerprint density at radius 2 is 1.17 bits per heavy atom. The molecule has 4 rings (SSSR count). The lowest BCUT2D eigenvalue weighted by molar-refractivity contribution is -0.133. The lowest BCUT2D eigenvalue weighted by Gasteiger charge is -2.29. The van der Waals surface area contributed by atoms with Gasteiger partial charge in [0.05, 0.1) is 10.5 Å². The van der Waals surface area contributed by atoms with E-state index in [0.717, 1.165) is 11.1 Å². The maximum absolute atomic E-state index is 13.7. The Morgan fingerprint density at radius 1 is 0.767 bits per heavy atom. The zero-order chi connectivity index (χ0) is 21.4. The fourth-order valence-corrected chi connectivity index (χ4v) is 6.45. The summed E-state index contributed by atoms with van der Waals surface area (Å²) in [5.74, 6) is -0.731. The van der Waals surface area contributed by atoms with Crippen molar-refractivity contribution >= 4 is 35.3 Å². The number of thioether (sulfide) groups is 2. The first-order valence-corrected chi connectivity index (χ1v) is 11.7. The summed E-state index contributed by atoms with van der Waals surface area (Å²) in [4.78, 5) is 29.0. The predicted octanol–water partition coefficient (Wildman–Crippen LogP) is 4.59. The van der Waals surface area contributed by atoms with Crippen molar-refractivity contribution in [3.8, 4) is 0 Å². The third kappa shape index (κ3) is 4.07. The van der Waals surface area contributed by atoms with Crippen LogP contribution in [0.4, 0.5) is 8.78 Å². The molecule has 0 radical (unpaired) electrons. The van der Waals surface area contributed by atoms with Gasteiger partial charge in [0.1, 0.15) is 22.4 Å². The molecule has 8 heteroatoms. The Hall–Kier alpha value is -2.06. The van der Waals surface area contributed by atoms with Crippen molar-refractivity contribution in [2.45, 2.75) is 35.1 Å². The summed E-state index contributed by atoms with van der Waals surface area (Å²) in [6.07, 6.45) is 0. The van der Waals surface area contributed by atoms with Crippen molar-refractivity contribution < 1.29 is 18.4 Å². The van der Waals surface area contributed by atoms with E-state index in [1.165, 1.54) is 47.8 Å². The molecule has 0 unspecified atom stereocenters. The van der Waals surface area contributed by atoms with Crippen LogP contribution >= 0.6 is 23.5 Å². The van der Waals surface area contributed by atoms with Crippen LogP contribution in [0.3, 0.4) is 0 Å². The molecule has 0 aromatic heterocycles. The largest absolute Gasteiger partial charge is 0.324 e. The minimum Gasteiger partial charge on any atom is -0.324 e. The molecule has 2 heterocycles. The summed E-state index contributed by atoms with van der Waals surface area (Å²) in [7, 11) is 0. The Labute approximate surface area is 183 Å². The van der Waals surface area contributed by atoms with E-state index in [1.54, 1.807) is 21.9 Å². The summed E-state index contributed by atoms with van der Waals surface area (Å²) in [5, 5.41) is -1.06. The third-order valence-corrected chi connectivity index (χ3v) is 8.13. The molecule has 158 valence electrons. The van der Waals surface area contributed by atoms with Gasteiger partial charge in [-0.25, -0.2) is 8.78 Å². The molecule has 4 atom stereocenters. The van der Waals surface area contributed by atoms with Gasteiger partial charge in [-0.2, -0.15) is 0 Å². The molecule has 2 aliphatic rings. The highest BCUT2D eigenvalue weighted by Gasteiger charge is 2.42. The summed E-state index contributed by atoms with van der Waals surface area (Å²) in [5.41, 5.74) is 1.46. The Bertz CT molecular complexity index is 896. The van der Waals surface area contributed by atoms with Crippen molar-refractivity contribution in [3.63, 3.8) is 0 Å². The van der Waals surface area contributed by atoms with Gasteiger partial charge in [0.25, 0.3) is 0 Å². The van der Waals surface area contributed by atoms with E-state index in [4.69, 9.17) is 0 Å². The molecule has 30 heavy (non-hydrogen) atoms. The van der Waals surface area contributed by atoms with Gasteiger partial charge >= 0.3 is 0 Å². The van der Waals surface area contributed by atoms with Crippen molar-refractivity contribution in [2.24, 2.45) is 0 Å². The van der Waals surface area contributed by atoms with Crippen molar-refractivity contribution in [2.75, 3.05) is 13.1 Å². The van der Waals surface area contributed by atoms with Crippen LogP contribution in [0.2, 0.25) is 0 Å². The second kappa shape index (κ2) is 8.59. The lowest BCUT2D eigenvalue weighted by atomic mass is 10.2. The topological polar surface area (TPSA) is 40.6 Å². The highest BCUT2D eigenvalue weighted by atomic mass is 32.2. The number of nitrogens with zero attached hydrogens (tertiary/aromatic N) is 2.